The van der Waals surface area contributed by atoms with Gasteiger partial charge in [-0.15, -0.1) is 22.7 Å². The highest BCUT2D eigenvalue weighted by atomic mass is 32.1. The lowest BCUT2D eigenvalue weighted by Gasteiger charge is -1.95. The number of carbonyl (C=O) groups is 2. The fourth-order valence-electron chi connectivity index (χ4n) is 1.22. The predicted molar refractivity (Wildman–Crippen MR) is 69.2 cm³/mol. The van der Waals surface area contributed by atoms with Crippen molar-refractivity contribution < 1.29 is 14.3 Å². The fourth-order valence-corrected chi connectivity index (χ4v) is 2.75. The highest BCUT2D eigenvalue weighted by molar-refractivity contribution is 7.14. The van der Waals surface area contributed by atoms with Crippen molar-refractivity contribution in [3.8, 4) is 10.7 Å². The summed E-state index contributed by atoms with van der Waals surface area (Å²) in [4.78, 5) is 30.9. The average molecular weight is 282 g/mol. The number of carbonyl (C=O) groups excluding carboxylic acids is 2. The molecule has 0 fully saturated rings. The molecule has 94 valence electrons. The minimum absolute atomic E-state index is 0.0755. The second kappa shape index (κ2) is 5.36. The van der Waals surface area contributed by atoms with E-state index in [0.29, 0.717) is 22.3 Å². The van der Waals surface area contributed by atoms with E-state index in [4.69, 9.17) is 4.74 Å². The molecule has 0 saturated carbocycles. The zero-order valence-corrected chi connectivity index (χ0v) is 11.4. The van der Waals surface area contributed by atoms with Crippen molar-refractivity contribution in [2.24, 2.45) is 0 Å². The number of hydrogen-bond donors (Lipinski definition) is 0. The van der Waals surface area contributed by atoms with Crippen molar-refractivity contribution >= 4 is 34.4 Å². The molecule has 0 aliphatic rings. The number of hydrogen-bond acceptors (Lipinski definition) is 7. The second-order valence-electron chi connectivity index (χ2n) is 3.35. The van der Waals surface area contributed by atoms with E-state index in [9.17, 15) is 9.59 Å². The molecule has 0 bridgehead atoms. The van der Waals surface area contributed by atoms with E-state index in [0.717, 1.165) is 0 Å². The van der Waals surface area contributed by atoms with Gasteiger partial charge < -0.3 is 4.74 Å². The van der Waals surface area contributed by atoms with Crippen LogP contribution in [0.15, 0.2) is 10.8 Å². The van der Waals surface area contributed by atoms with Crippen LogP contribution >= 0.6 is 22.7 Å². The van der Waals surface area contributed by atoms with E-state index in [1.807, 2.05) is 0 Å². The summed E-state index contributed by atoms with van der Waals surface area (Å²) in [7, 11) is 0. The van der Waals surface area contributed by atoms with Gasteiger partial charge in [-0.2, -0.15) is 0 Å². The summed E-state index contributed by atoms with van der Waals surface area (Å²) < 4.78 is 4.85. The summed E-state index contributed by atoms with van der Waals surface area (Å²) >= 11 is 2.57. The minimum Gasteiger partial charge on any atom is -0.461 e. The Bertz CT molecular complexity index is 589. The van der Waals surface area contributed by atoms with Crippen molar-refractivity contribution in [2.45, 2.75) is 13.8 Å². The van der Waals surface area contributed by atoms with E-state index < -0.39 is 5.97 Å². The summed E-state index contributed by atoms with van der Waals surface area (Å²) in [6, 6.07) is 0. The van der Waals surface area contributed by atoms with Crippen LogP contribution in [0.4, 0.5) is 0 Å². The first-order valence-electron chi connectivity index (χ1n) is 5.21. The highest BCUT2D eigenvalue weighted by Gasteiger charge is 2.15. The normalized spacial score (nSPS) is 10.3. The molecule has 18 heavy (non-hydrogen) atoms. The summed E-state index contributed by atoms with van der Waals surface area (Å²) in [5.74, 6) is -0.518. The number of ether oxygens (including phenoxy) is 1. The van der Waals surface area contributed by atoms with Gasteiger partial charge >= 0.3 is 5.97 Å². The maximum absolute atomic E-state index is 11.5. The Morgan fingerprint density at radius 3 is 2.67 bits per heavy atom. The lowest BCUT2D eigenvalue weighted by Crippen LogP contribution is -2.04. The molecule has 0 aliphatic carbocycles. The Morgan fingerprint density at radius 1 is 1.28 bits per heavy atom. The van der Waals surface area contributed by atoms with Crippen LogP contribution in [0.5, 0.6) is 0 Å². The van der Waals surface area contributed by atoms with Crippen molar-refractivity contribution in [1.82, 2.24) is 9.97 Å². The van der Waals surface area contributed by atoms with Crippen LogP contribution in [-0.4, -0.2) is 28.3 Å². The Labute approximate surface area is 111 Å². The van der Waals surface area contributed by atoms with Crippen LogP contribution in [0.25, 0.3) is 10.7 Å². The quantitative estimate of drug-likeness (QED) is 0.637. The number of nitrogens with zero attached hydrogens (tertiary/aromatic N) is 2. The monoisotopic (exact) mass is 282 g/mol. The zero-order valence-electron chi connectivity index (χ0n) is 9.80. The Hall–Kier alpha value is -1.60. The molecule has 0 spiro atoms. The largest absolute Gasteiger partial charge is 0.461 e. The summed E-state index contributed by atoms with van der Waals surface area (Å²) in [5, 5.41) is 4.43. The number of ketones is 1. The Morgan fingerprint density at radius 2 is 2.06 bits per heavy atom. The Kier molecular flexibility index (Phi) is 3.83. The van der Waals surface area contributed by atoms with Gasteiger partial charge in [0.25, 0.3) is 0 Å². The lowest BCUT2D eigenvalue weighted by molar-refractivity contribution is 0.0520. The van der Waals surface area contributed by atoms with Crippen LogP contribution in [0.1, 0.15) is 34.1 Å². The van der Waals surface area contributed by atoms with Crippen LogP contribution in [0.2, 0.25) is 0 Å². The van der Waals surface area contributed by atoms with Gasteiger partial charge in [-0.25, -0.2) is 14.8 Å². The first-order chi connectivity index (χ1) is 8.61. The molecule has 2 aromatic heterocycles. The highest BCUT2D eigenvalue weighted by Crippen LogP contribution is 2.25. The van der Waals surface area contributed by atoms with E-state index in [2.05, 4.69) is 9.97 Å². The Balaban J connectivity index is 2.23. The molecule has 0 amide bonds. The van der Waals surface area contributed by atoms with Crippen molar-refractivity contribution in [3.05, 3.63) is 21.5 Å². The van der Waals surface area contributed by atoms with Gasteiger partial charge in [-0.05, 0) is 6.92 Å². The van der Waals surface area contributed by atoms with Gasteiger partial charge in [0, 0.05) is 17.7 Å². The summed E-state index contributed by atoms with van der Waals surface area (Å²) in [6.45, 7) is 3.52. The maximum Gasteiger partial charge on any atom is 0.357 e. The molecular formula is C11H10N2O3S2. The molecule has 0 aliphatic heterocycles. The fraction of sp³-hybridized carbons (Fsp3) is 0.273. The van der Waals surface area contributed by atoms with E-state index >= 15 is 0 Å². The third-order valence-corrected chi connectivity index (χ3v) is 3.82. The van der Waals surface area contributed by atoms with Crippen LogP contribution in [0.3, 0.4) is 0 Å². The summed E-state index contributed by atoms with van der Waals surface area (Å²) in [6.07, 6.45) is 0. The molecule has 0 N–H and O–H groups in total. The molecule has 2 heterocycles. The second-order valence-corrected chi connectivity index (χ2v) is 5.07. The lowest BCUT2D eigenvalue weighted by atomic mass is 10.4. The van der Waals surface area contributed by atoms with Crippen molar-refractivity contribution in [2.75, 3.05) is 6.61 Å². The number of thiazole rings is 2. The first-order valence-corrected chi connectivity index (χ1v) is 6.97. The van der Waals surface area contributed by atoms with Crippen molar-refractivity contribution in [1.29, 1.82) is 0 Å². The van der Waals surface area contributed by atoms with Crippen LogP contribution in [-0.2, 0) is 4.74 Å². The third-order valence-electron chi connectivity index (χ3n) is 2.01. The number of Topliss-reactive ketones (excluding diaryl/α,β-unsaturated/α-hetero) is 1. The zero-order chi connectivity index (χ0) is 13.1. The number of esters is 1. The van der Waals surface area contributed by atoms with Gasteiger partial charge in [0.15, 0.2) is 16.5 Å². The topological polar surface area (TPSA) is 69.2 Å². The van der Waals surface area contributed by atoms with Crippen LogP contribution < -0.4 is 0 Å². The molecule has 0 atom stereocenters. The molecule has 0 unspecified atom stereocenters. The van der Waals surface area contributed by atoms with Crippen molar-refractivity contribution in [3.63, 3.8) is 0 Å². The smallest absolute Gasteiger partial charge is 0.357 e. The number of aromatic nitrogens is 2. The van der Waals surface area contributed by atoms with E-state index in [-0.39, 0.29) is 11.5 Å². The predicted octanol–water partition coefficient (Wildman–Crippen LogP) is 2.65. The third kappa shape index (κ3) is 2.62. The first kappa shape index (κ1) is 12.8. The average Bonchev–Trinajstić information content (AvgIpc) is 2.98. The van der Waals surface area contributed by atoms with Gasteiger partial charge in [0.1, 0.15) is 10.7 Å². The molecule has 5 nitrogen and oxygen atoms in total. The molecule has 0 aromatic carbocycles. The van der Waals surface area contributed by atoms with E-state index in [1.165, 1.54) is 29.6 Å². The number of rotatable bonds is 4. The van der Waals surface area contributed by atoms with Gasteiger partial charge in [0.2, 0.25) is 0 Å². The minimum atomic E-state index is -0.443. The molecular weight excluding hydrogens is 272 g/mol. The van der Waals surface area contributed by atoms with Gasteiger partial charge in [-0.1, -0.05) is 0 Å². The van der Waals surface area contributed by atoms with Gasteiger partial charge in [0.05, 0.1) is 6.61 Å². The standard InChI is InChI=1S/C11H10N2O3S2/c1-3-16-11(15)8-5-18-10(13-8)7-4-17-9(12-7)6(2)14/h4-5H,3H2,1-2H3. The van der Waals surface area contributed by atoms with Crippen LogP contribution in [0, 0.1) is 0 Å². The SMILES string of the molecule is CCOC(=O)c1csc(-c2csc(C(C)=O)n2)n1. The molecule has 0 saturated heterocycles. The molecule has 0 radical (unpaired) electrons. The van der Waals surface area contributed by atoms with E-state index in [1.54, 1.807) is 17.7 Å². The summed E-state index contributed by atoms with van der Waals surface area (Å²) in [5.41, 5.74) is 0.889. The molecule has 2 rings (SSSR count). The molecule has 7 heteroatoms. The maximum atomic E-state index is 11.5. The van der Waals surface area contributed by atoms with Gasteiger partial charge in [-0.3, -0.25) is 4.79 Å². The molecule has 2 aromatic rings.